The van der Waals surface area contributed by atoms with E-state index in [0.29, 0.717) is 16.7 Å². The SMILES string of the molecule is N#CCc1ccc(S)c2c(F)csc12. The molecule has 0 aliphatic heterocycles. The molecule has 4 heteroatoms. The third-order valence-corrected chi connectivity index (χ3v) is 3.41. The van der Waals surface area contributed by atoms with Crippen molar-refractivity contribution in [1.82, 2.24) is 0 Å². The van der Waals surface area contributed by atoms with Gasteiger partial charge < -0.3 is 0 Å². The maximum Gasteiger partial charge on any atom is 0.142 e. The zero-order chi connectivity index (χ0) is 10.1. The topological polar surface area (TPSA) is 23.8 Å². The molecule has 0 N–H and O–H groups in total. The lowest BCUT2D eigenvalue weighted by Gasteiger charge is -2.00. The van der Waals surface area contributed by atoms with Crippen molar-refractivity contribution in [2.75, 3.05) is 0 Å². The minimum atomic E-state index is -0.255. The highest BCUT2D eigenvalue weighted by molar-refractivity contribution is 7.80. The van der Waals surface area contributed by atoms with Gasteiger partial charge in [-0.15, -0.1) is 24.0 Å². The molecular formula is C10H6FNS2. The fourth-order valence-corrected chi connectivity index (χ4v) is 2.70. The van der Waals surface area contributed by atoms with E-state index in [9.17, 15) is 4.39 Å². The van der Waals surface area contributed by atoms with Crippen molar-refractivity contribution in [3.63, 3.8) is 0 Å². The largest absolute Gasteiger partial charge is 0.205 e. The lowest BCUT2D eigenvalue weighted by molar-refractivity contribution is 0.642. The molecule has 70 valence electrons. The van der Waals surface area contributed by atoms with E-state index in [1.807, 2.05) is 6.07 Å². The molecule has 2 rings (SSSR count). The summed E-state index contributed by atoms with van der Waals surface area (Å²) in [5.41, 5.74) is 0.870. The number of rotatable bonds is 1. The number of hydrogen-bond donors (Lipinski definition) is 1. The van der Waals surface area contributed by atoms with Gasteiger partial charge in [-0.2, -0.15) is 5.26 Å². The first-order chi connectivity index (χ1) is 6.74. The maximum absolute atomic E-state index is 13.3. The first-order valence-electron chi connectivity index (χ1n) is 3.98. The van der Waals surface area contributed by atoms with Crippen molar-refractivity contribution < 1.29 is 4.39 Å². The molecule has 0 aliphatic rings. The molecule has 2 aromatic rings. The number of hydrogen-bond acceptors (Lipinski definition) is 3. The average molecular weight is 223 g/mol. The molecule has 0 saturated carbocycles. The van der Waals surface area contributed by atoms with E-state index in [4.69, 9.17) is 5.26 Å². The smallest absolute Gasteiger partial charge is 0.142 e. The van der Waals surface area contributed by atoms with Gasteiger partial charge in [0.15, 0.2) is 0 Å². The fraction of sp³-hybridized carbons (Fsp3) is 0.100. The van der Waals surface area contributed by atoms with Crippen LogP contribution in [-0.4, -0.2) is 0 Å². The molecule has 0 radical (unpaired) electrons. The van der Waals surface area contributed by atoms with Crippen LogP contribution in [0.1, 0.15) is 5.56 Å². The van der Waals surface area contributed by atoms with Gasteiger partial charge in [-0.3, -0.25) is 0 Å². The molecule has 0 unspecified atom stereocenters. The molecule has 1 nitrogen and oxygen atoms in total. The highest BCUT2D eigenvalue weighted by Crippen LogP contribution is 2.32. The van der Waals surface area contributed by atoms with Gasteiger partial charge >= 0.3 is 0 Å². The zero-order valence-electron chi connectivity index (χ0n) is 7.12. The molecule has 0 aliphatic carbocycles. The number of nitrogens with zero attached hydrogens (tertiary/aromatic N) is 1. The van der Waals surface area contributed by atoms with Crippen LogP contribution in [0.25, 0.3) is 10.1 Å². The highest BCUT2D eigenvalue weighted by atomic mass is 32.1. The van der Waals surface area contributed by atoms with Crippen LogP contribution < -0.4 is 0 Å². The van der Waals surface area contributed by atoms with Crippen LogP contribution in [0.5, 0.6) is 0 Å². The van der Waals surface area contributed by atoms with E-state index >= 15 is 0 Å². The number of fused-ring (bicyclic) bond motifs is 1. The summed E-state index contributed by atoms with van der Waals surface area (Å²) in [7, 11) is 0. The Bertz CT molecular complexity index is 525. The molecule has 0 amide bonds. The number of thiol groups is 1. The van der Waals surface area contributed by atoms with Crippen LogP contribution in [0.2, 0.25) is 0 Å². The lowest BCUT2D eigenvalue weighted by atomic mass is 10.1. The molecule has 0 atom stereocenters. The normalized spacial score (nSPS) is 10.4. The van der Waals surface area contributed by atoms with Crippen LogP contribution >= 0.6 is 24.0 Å². The summed E-state index contributed by atoms with van der Waals surface area (Å²) in [6.45, 7) is 0. The van der Waals surface area contributed by atoms with Crippen LogP contribution in [0.4, 0.5) is 4.39 Å². The van der Waals surface area contributed by atoms with Crippen LogP contribution in [0, 0.1) is 17.1 Å². The summed E-state index contributed by atoms with van der Waals surface area (Å²) < 4.78 is 14.1. The summed E-state index contributed by atoms with van der Waals surface area (Å²) in [5, 5.41) is 10.6. The first-order valence-corrected chi connectivity index (χ1v) is 5.31. The van der Waals surface area contributed by atoms with Gasteiger partial charge in [-0.05, 0) is 11.6 Å². The second-order valence-electron chi connectivity index (χ2n) is 2.87. The van der Waals surface area contributed by atoms with Gasteiger partial charge in [0.2, 0.25) is 0 Å². The predicted molar refractivity (Wildman–Crippen MR) is 58.4 cm³/mol. The van der Waals surface area contributed by atoms with E-state index in [1.165, 1.54) is 16.7 Å². The standard InChI is InChI=1S/C10H6FNS2/c11-7-5-14-10-6(3-4-12)1-2-8(13)9(7)10/h1-2,5,13H,3H2. The second kappa shape index (κ2) is 3.60. The Balaban J connectivity index is 2.78. The van der Waals surface area contributed by atoms with Crippen LogP contribution in [-0.2, 0) is 6.42 Å². The second-order valence-corrected chi connectivity index (χ2v) is 4.23. The van der Waals surface area contributed by atoms with E-state index in [-0.39, 0.29) is 5.82 Å². The zero-order valence-corrected chi connectivity index (χ0v) is 8.83. The predicted octanol–water partition coefficient (Wildman–Crippen LogP) is 3.40. The minimum absolute atomic E-state index is 0.255. The van der Waals surface area contributed by atoms with Crippen molar-refractivity contribution in [3.05, 3.63) is 28.9 Å². The molecule has 14 heavy (non-hydrogen) atoms. The van der Waals surface area contributed by atoms with Crippen LogP contribution in [0.15, 0.2) is 22.4 Å². The van der Waals surface area contributed by atoms with E-state index in [2.05, 4.69) is 18.7 Å². The van der Waals surface area contributed by atoms with Gasteiger partial charge in [-0.1, -0.05) is 6.07 Å². The maximum atomic E-state index is 13.3. The van der Waals surface area contributed by atoms with Gasteiger partial charge in [-0.25, -0.2) is 4.39 Å². The van der Waals surface area contributed by atoms with Crippen molar-refractivity contribution in [3.8, 4) is 6.07 Å². The number of halogens is 1. The molecule has 0 spiro atoms. The summed E-state index contributed by atoms with van der Waals surface area (Å²) in [6.07, 6.45) is 0.310. The number of nitriles is 1. The molecule has 1 aromatic carbocycles. The Kier molecular flexibility index (Phi) is 2.44. The van der Waals surface area contributed by atoms with Gasteiger partial charge in [0.1, 0.15) is 5.82 Å². The molecule has 0 bridgehead atoms. The Hall–Kier alpha value is -1.05. The summed E-state index contributed by atoms with van der Waals surface area (Å²) in [4.78, 5) is 0.625. The molecule has 0 saturated heterocycles. The monoisotopic (exact) mass is 223 g/mol. The van der Waals surface area contributed by atoms with Gasteiger partial charge in [0.25, 0.3) is 0 Å². The molecule has 1 aromatic heterocycles. The van der Waals surface area contributed by atoms with Crippen molar-refractivity contribution in [2.24, 2.45) is 0 Å². The van der Waals surface area contributed by atoms with Crippen molar-refractivity contribution in [2.45, 2.75) is 11.3 Å². The molecular weight excluding hydrogens is 217 g/mol. The third kappa shape index (κ3) is 1.39. The van der Waals surface area contributed by atoms with E-state index in [0.717, 1.165) is 10.3 Å². The number of thiophene rings is 1. The van der Waals surface area contributed by atoms with Gasteiger partial charge in [0, 0.05) is 20.4 Å². The Morgan fingerprint density at radius 2 is 2.29 bits per heavy atom. The Labute approximate surface area is 90.2 Å². The number of benzene rings is 1. The van der Waals surface area contributed by atoms with Crippen molar-refractivity contribution >= 4 is 34.1 Å². The molecule has 1 heterocycles. The van der Waals surface area contributed by atoms with E-state index < -0.39 is 0 Å². The third-order valence-electron chi connectivity index (χ3n) is 2.01. The Morgan fingerprint density at radius 1 is 1.50 bits per heavy atom. The summed E-state index contributed by atoms with van der Waals surface area (Å²) in [5.74, 6) is -0.255. The molecule has 0 fully saturated rings. The summed E-state index contributed by atoms with van der Waals surface area (Å²) >= 11 is 5.50. The quantitative estimate of drug-likeness (QED) is 0.736. The first kappa shape index (κ1) is 9.50. The average Bonchev–Trinajstić information content (AvgIpc) is 2.54. The lowest BCUT2D eigenvalue weighted by Crippen LogP contribution is -1.83. The van der Waals surface area contributed by atoms with Crippen LogP contribution in [0.3, 0.4) is 0 Å². The summed E-state index contributed by atoms with van der Waals surface area (Å²) in [6, 6.07) is 5.62. The Morgan fingerprint density at radius 3 is 3.00 bits per heavy atom. The highest BCUT2D eigenvalue weighted by Gasteiger charge is 2.10. The minimum Gasteiger partial charge on any atom is -0.205 e. The van der Waals surface area contributed by atoms with Gasteiger partial charge in [0.05, 0.1) is 12.5 Å². The fourth-order valence-electron chi connectivity index (χ4n) is 1.37. The van der Waals surface area contributed by atoms with Crippen molar-refractivity contribution in [1.29, 1.82) is 5.26 Å². The van der Waals surface area contributed by atoms with E-state index in [1.54, 1.807) is 6.07 Å².